The highest BCUT2D eigenvalue weighted by atomic mass is 16.7. The summed E-state index contributed by atoms with van der Waals surface area (Å²) >= 11 is 0. The van der Waals surface area contributed by atoms with Gasteiger partial charge in [-0.1, -0.05) is 0 Å². The lowest BCUT2D eigenvalue weighted by molar-refractivity contribution is -0.185. The lowest BCUT2D eigenvalue weighted by Gasteiger charge is -2.26. The van der Waals surface area contributed by atoms with Crippen molar-refractivity contribution in [1.82, 2.24) is 16.0 Å². The van der Waals surface area contributed by atoms with E-state index in [1.807, 2.05) is 0 Å². The zero-order valence-corrected chi connectivity index (χ0v) is 8.46. The fraction of sp³-hybridized carbons (Fsp3) is 0.833. The third-order valence-electron chi connectivity index (χ3n) is 1.61. The number of esters is 1. The molecule has 0 fully saturated rings. The summed E-state index contributed by atoms with van der Waals surface area (Å²) in [6, 6.07) is 0. The summed E-state index contributed by atoms with van der Waals surface area (Å²) in [6.07, 6.45) is -0.658. The van der Waals surface area contributed by atoms with Crippen LogP contribution in [0.3, 0.4) is 0 Å². The van der Waals surface area contributed by atoms with E-state index in [4.69, 9.17) is 16.4 Å². The Morgan fingerprint density at radius 3 is 2.14 bits per heavy atom. The van der Waals surface area contributed by atoms with Gasteiger partial charge >= 0.3 is 5.97 Å². The molecule has 0 aromatic heterocycles. The first kappa shape index (κ1) is 13.2. The van der Waals surface area contributed by atoms with Gasteiger partial charge in [-0.3, -0.25) is 26.5 Å². The number of hydrogen-bond acceptors (Lipinski definition) is 8. The molecule has 0 amide bonds. The molecule has 84 valence electrons. The Balaban J connectivity index is 4.30. The largest absolute Gasteiger partial charge is 0.429 e. The van der Waals surface area contributed by atoms with Crippen molar-refractivity contribution in [2.75, 3.05) is 21.1 Å². The first-order chi connectivity index (χ1) is 6.53. The molecule has 7 N–H and O–H groups in total. The van der Waals surface area contributed by atoms with Crippen LogP contribution in [0.2, 0.25) is 0 Å². The molecule has 0 bridgehead atoms. The van der Waals surface area contributed by atoms with Crippen molar-refractivity contribution in [3.05, 3.63) is 0 Å². The van der Waals surface area contributed by atoms with Gasteiger partial charge in [0.25, 0.3) is 5.85 Å². The molecule has 0 heterocycles. The highest BCUT2D eigenvalue weighted by molar-refractivity contribution is 5.78. The van der Waals surface area contributed by atoms with Crippen molar-refractivity contribution in [3.63, 3.8) is 0 Å². The van der Waals surface area contributed by atoms with Crippen LogP contribution in [0.15, 0.2) is 0 Å². The standard InChI is InChI=1S/C6H17N5O3/c1-9-5(10-2)13-4(12)6(7,11-3)14-8/h5,9-11H,7-8H2,1-3H3. The molecule has 0 aromatic carbocycles. The third-order valence-corrected chi connectivity index (χ3v) is 1.61. The average molecular weight is 207 g/mol. The minimum Gasteiger partial charge on any atom is -0.429 e. The van der Waals surface area contributed by atoms with E-state index in [0.29, 0.717) is 0 Å². The van der Waals surface area contributed by atoms with Crippen LogP contribution in [-0.4, -0.2) is 39.3 Å². The van der Waals surface area contributed by atoms with Crippen molar-refractivity contribution in [2.24, 2.45) is 11.6 Å². The highest BCUT2D eigenvalue weighted by Gasteiger charge is 2.36. The molecule has 0 aliphatic heterocycles. The zero-order valence-electron chi connectivity index (χ0n) is 8.46. The van der Waals surface area contributed by atoms with E-state index >= 15 is 0 Å². The van der Waals surface area contributed by atoms with Crippen LogP contribution < -0.4 is 27.6 Å². The van der Waals surface area contributed by atoms with E-state index < -0.39 is 18.2 Å². The maximum Gasteiger partial charge on any atom is 0.374 e. The van der Waals surface area contributed by atoms with Gasteiger partial charge in [-0.25, -0.2) is 10.7 Å². The molecular formula is C6H17N5O3. The molecule has 0 spiro atoms. The van der Waals surface area contributed by atoms with Gasteiger partial charge in [0.05, 0.1) is 0 Å². The van der Waals surface area contributed by atoms with Crippen LogP contribution in [0, 0.1) is 0 Å². The van der Waals surface area contributed by atoms with E-state index in [0.717, 1.165) is 0 Å². The number of hydrogen-bond donors (Lipinski definition) is 5. The summed E-state index contributed by atoms with van der Waals surface area (Å²) in [5, 5.41) is 7.72. The van der Waals surface area contributed by atoms with Crippen molar-refractivity contribution < 1.29 is 14.4 Å². The lowest BCUT2D eigenvalue weighted by atomic mass is 10.4. The molecule has 1 atom stereocenters. The van der Waals surface area contributed by atoms with E-state index in [2.05, 4.69) is 20.8 Å². The van der Waals surface area contributed by atoms with Crippen molar-refractivity contribution in [1.29, 1.82) is 0 Å². The van der Waals surface area contributed by atoms with Crippen LogP contribution in [0.4, 0.5) is 0 Å². The fourth-order valence-electron chi connectivity index (χ4n) is 0.666. The number of likely N-dealkylation sites (N-methyl/N-ethyl adjacent to an activating group) is 1. The number of carbonyl (C=O) groups excluding carboxylic acids is 1. The van der Waals surface area contributed by atoms with Crippen LogP contribution >= 0.6 is 0 Å². The summed E-state index contributed by atoms with van der Waals surface area (Å²) in [5.41, 5.74) is 5.41. The molecule has 1 unspecified atom stereocenters. The Morgan fingerprint density at radius 1 is 1.36 bits per heavy atom. The first-order valence-electron chi connectivity index (χ1n) is 3.95. The molecule has 0 saturated heterocycles. The van der Waals surface area contributed by atoms with Crippen LogP contribution in [0.5, 0.6) is 0 Å². The first-order valence-corrected chi connectivity index (χ1v) is 3.95. The van der Waals surface area contributed by atoms with E-state index in [9.17, 15) is 4.79 Å². The predicted molar refractivity (Wildman–Crippen MR) is 49.2 cm³/mol. The van der Waals surface area contributed by atoms with Gasteiger partial charge in [0.2, 0.25) is 6.35 Å². The van der Waals surface area contributed by atoms with Crippen LogP contribution in [0.25, 0.3) is 0 Å². The van der Waals surface area contributed by atoms with Gasteiger partial charge in [0.1, 0.15) is 0 Å². The second-order valence-corrected chi connectivity index (χ2v) is 2.47. The van der Waals surface area contributed by atoms with Gasteiger partial charge in [-0.2, -0.15) is 0 Å². The molecule has 8 nitrogen and oxygen atoms in total. The van der Waals surface area contributed by atoms with Crippen molar-refractivity contribution in [2.45, 2.75) is 12.2 Å². The monoisotopic (exact) mass is 207 g/mol. The van der Waals surface area contributed by atoms with Gasteiger partial charge in [0.15, 0.2) is 0 Å². The zero-order chi connectivity index (χ0) is 11.2. The lowest BCUT2D eigenvalue weighted by Crippen LogP contribution is -2.64. The topological polar surface area (TPSA) is 124 Å². The maximum atomic E-state index is 11.4. The van der Waals surface area contributed by atoms with Crippen LogP contribution in [0.1, 0.15) is 0 Å². The second kappa shape index (κ2) is 5.86. The highest BCUT2D eigenvalue weighted by Crippen LogP contribution is 1.98. The molecule has 0 saturated carbocycles. The maximum absolute atomic E-state index is 11.4. The number of ether oxygens (including phenoxy) is 1. The number of nitrogens with two attached hydrogens (primary N) is 2. The Hall–Kier alpha value is -0.770. The summed E-state index contributed by atoms with van der Waals surface area (Å²) in [5.74, 6) is 2.17. The minimum atomic E-state index is -1.84. The Morgan fingerprint density at radius 2 is 1.86 bits per heavy atom. The third kappa shape index (κ3) is 3.18. The van der Waals surface area contributed by atoms with E-state index in [-0.39, 0.29) is 0 Å². The van der Waals surface area contributed by atoms with E-state index in [1.165, 1.54) is 7.05 Å². The summed E-state index contributed by atoms with van der Waals surface area (Å²) in [7, 11) is 4.63. The van der Waals surface area contributed by atoms with Gasteiger partial charge in [-0.15, -0.1) is 0 Å². The number of nitrogens with one attached hydrogen (secondary N) is 3. The molecule has 0 radical (unpaired) electrons. The molecule has 14 heavy (non-hydrogen) atoms. The summed E-state index contributed by atoms with van der Waals surface area (Å²) < 4.78 is 4.84. The normalized spacial score (nSPS) is 15.3. The Kier molecular flexibility index (Phi) is 5.53. The molecule has 0 rings (SSSR count). The summed E-state index contributed by atoms with van der Waals surface area (Å²) in [6.45, 7) is 0. The average Bonchev–Trinajstić information content (AvgIpc) is 2.24. The van der Waals surface area contributed by atoms with Crippen molar-refractivity contribution >= 4 is 5.97 Å². The molecular weight excluding hydrogens is 190 g/mol. The Bertz CT molecular complexity index is 180. The molecule has 0 aliphatic rings. The molecule has 0 aromatic rings. The van der Waals surface area contributed by atoms with Crippen LogP contribution in [-0.2, 0) is 14.4 Å². The van der Waals surface area contributed by atoms with Gasteiger partial charge in [0, 0.05) is 0 Å². The number of rotatable bonds is 6. The second-order valence-electron chi connectivity index (χ2n) is 2.47. The summed E-state index contributed by atoms with van der Waals surface area (Å²) in [4.78, 5) is 15.6. The molecule has 0 aliphatic carbocycles. The quantitative estimate of drug-likeness (QED) is 0.177. The fourth-order valence-corrected chi connectivity index (χ4v) is 0.666. The predicted octanol–water partition coefficient (Wildman–Crippen LogP) is -3.03. The Labute approximate surface area is 82.2 Å². The van der Waals surface area contributed by atoms with Gasteiger partial charge < -0.3 is 4.74 Å². The number of carbonyl (C=O) groups is 1. The minimum absolute atomic E-state index is 0.658. The SMILES string of the molecule is CNC(NC)OC(=O)C(N)(NC)ON. The van der Waals surface area contributed by atoms with E-state index in [1.54, 1.807) is 14.1 Å². The van der Waals surface area contributed by atoms with Crippen molar-refractivity contribution in [3.8, 4) is 0 Å². The van der Waals surface area contributed by atoms with Gasteiger partial charge in [-0.05, 0) is 21.1 Å². The smallest absolute Gasteiger partial charge is 0.374 e. The molecule has 8 heteroatoms.